The molecule has 0 bridgehead atoms. The third kappa shape index (κ3) is 2.60. The van der Waals surface area contributed by atoms with Crippen molar-refractivity contribution < 1.29 is 19.5 Å². The monoisotopic (exact) mass is 353 g/mol. The summed E-state index contributed by atoms with van der Waals surface area (Å²) in [6, 6.07) is 6.76. The van der Waals surface area contributed by atoms with Crippen LogP contribution in [-0.4, -0.2) is 39.7 Å². The molecule has 0 aromatic heterocycles. The summed E-state index contributed by atoms with van der Waals surface area (Å²) in [5, 5.41) is 9.40. The average molecular weight is 354 g/mol. The summed E-state index contributed by atoms with van der Waals surface area (Å²) in [7, 11) is 0. The van der Waals surface area contributed by atoms with E-state index in [2.05, 4.69) is 15.9 Å². The van der Waals surface area contributed by atoms with Gasteiger partial charge in [-0.3, -0.25) is 14.5 Å². The molecule has 0 spiro atoms. The Morgan fingerprint density at radius 1 is 1.24 bits per heavy atom. The molecule has 1 aromatic rings. The summed E-state index contributed by atoms with van der Waals surface area (Å²) < 4.78 is 0.562. The quantitative estimate of drug-likeness (QED) is 0.669. The number of rotatable bonds is 3. The van der Waals surface area contributed by atoms with E-state index >= 15 is 0 Å². The molecule has 21 heavy (non-hydrogen) atoms. The van der Waals surface area contributed by atoms with Gasteiger partial charge in [-0.05, 0) is 32.3 Å². The Morgan fingerprint density at radius 3 is 2.48 bits per heavy atom. The Labute approximate surface area is 131 Å². The molecule has 1 aromatic carbocycles. The van der Waals surface area contributed by atoms with Crippen molar-refractivity contribution in [3.8, 4) is 0 Å². The summed E-state index contributed by atoms with van der Waals surface area (Å²) in [6.07, 6.45) is 0.309. The molecule has 112 valence electrons. The maximum Gasteiger partial charge on any atom is 0.408 e. The van der Waals surface area contributed by atoms with Gasteiger partial charge < -0.3 is 5.11 Å². The summed E-state index contributed by atoms with van der Waals surface area (Å²) in [6.45, 7) is 1.49. The number of carbonyl (C=O) groups is 3. The second-order valence-electron chi connectivity index (χ2n) is 5.12. The largest absolute Gasteiger partial charge is 0.465 e. The molecular formula is C15H16BrNO4. The van der Waals surface area contributed by atoms with E-state index in [0.717, 1.165) is 4.90 Å². The van der Waals surface area contributed by atoms with Crippen LogP contribution in [0.2, 0.25) is 0 Å². The van der Waals surface area contributed by atoms with Gasteiger partial charge in [-0.25, -0.2) is 4.79 Å². The van der Waals surface area contributed by atoms with E-state index in [9.17, 15) is 19.5 Å². The van der Waals surface area contributed by atoms with Gasteiger partial charge in [-0.15, -0.1) is 0 Å². The maximum absolute atomic E-state index is 12.9. The van der Waals surface area contributed by atoms with Crippen molar-refractivity contribution in [3.05, 3.63) is 34.3 Å². The predicted molar refractivity (Wildman–Crippen MR) is 80.5 cm³/mol. The molecule has 5 nitrogen and oxygen atoms in total. The van der Waals surface area contributed by atoms with Crippen LogP contribution in [0.3, 0.4) is 0 Å². The molecule has 1 aliphatic heterocycles. The van der Waals surface area contributed by atoms with Crippen LogP contribution < -0.4 is 0 Å². The van der Waals surface area contributed by atoms with Gasteiger partial charge in [0.1, 0.15) is 0 Å². The second-order valence-corrected chi connectivity index (χ2v) is 5.97. The molecule has 1 aliphatic rings. The van der Waals surface area contributed by atoms with Gasteiger partial charge in [-0.1, -0.05) is 34.1 Å². The molecule has 0 radical (unpaired) electrons. The Balaban J connectivity index is 2.56. The van der Waals surface area contributed by atoms with E-state index in [1.54, 1.807) is 24.3 Å². The number of amides is 1. The van der Waals surface area contributed by atoms with Gasteiger partial charge in [0.05, 0.1) is 0 Å². The van der Waals surface area contributed by atoms with Gasteiger partial charge in [0.15, 0.2) is 17.1 Å². The first kappa shape index (κ1) is 15.7. The highest BCUT2D eigenvalue weighted by molar-refractivity contribution is 9.10. The fourth-order valence-electron chi connectivity index (χ4n) is 2.87. The predicted octanol–water partition coefficient (Wildman–Crippen LogP) is 3.12. The molecule has 1 N–H and O–H groups in total. The van der Waals surface area contributed by atoms with Crippen molar-refractivity contribution in [2.75, 3.05) is 6.54 Å². The zero-order valence-electron chi connectivity index (χ0n) is 11.6. The van der Waals surface area contributed by atoms with E-state index in [0.29, 0.717) is 22.9 Å². The smallest absolute Gasteiger partial charge is 0.408 e. The minimum Gasteiger partial charge on any atom is -0.465 e. The van der Waals surface area contributed by atoms with E-state index < -0.39 is 23.2 Å². The van der Waals surface area contributed by atoms with Crippen molar-refractivity contribution in [3.63, 3.8) is 0 Å². The lowest BCUT2D eigenvalue weighted by atomic mass is 9.77. The number of Topliss-reactive ketones (excluding diaryl/α,β-unsaturated/α-hetero) is 2. The zero-order chi connectivity index (χ0) is 15.6. The van der Waals surface area contributed by atoms with Crippen molar-refractivity contribution >= 4 is 33.6 Å². The summed E-state index contributed by atoms with van der Waals surface area (Å²) in [4.78, 5) is 37.7. The number of hydrogen-bond donors (Lipinski definition) is 1. The SMILES string of the molecule is CC(=O)C1(C(=O)c2ccccc2Br)CCCCN1C(=O)O. The number of nitrogens with zero attached hydrogens (tertiary/aromatic N) is 1. The fourth-order valence-corrected chi connectivity index (χ4v) is 3.33. The normalized spacial score (nSPS) is 21.9. The number of carbonyl (C=O) groups excluding carboxylic acids is 2. The van der Waals surface area contributed by atoms with Crippen molar-refractivity contribution in [2.24, 2.45) is 0 Å². The van der Waals surface area contributed by atoms with Crippen LogP contribution in [0, 0.1) is 0 Å². The Hall–Kier alpha value is -1.69. The number of ketones is 2. The molecule has 0 saturated carbocycles. The third-order valence-electron chi connectivity index (χ3n) is 3.94. The van der Waals surface area contributed by atoms with Gasteiger partial charge in [0, 0.05) is 16.6 Å². The number of carboxylic acid groups (broad SMARTS) is 1. The second kappa shape index (κ2) is 5.97. The van der Waals surface area contributed by atoms with Crippen LogP contribution in [0.15, 0.2) is 28.7 Å². The van der Waals surface area contributed by atoms with E-state index in [4.69, 9.17) is 0 Å². The molecule has 6 heteroatoms. The van der Waals surface area contributed by atoms with Gasteiger partial charge in [0.25, 0.3) is 0 Å². The van der Waals surface area contributed by atoms with E-state index in [1.165, 1.54) is 6.92 Å². The fraction of sp³-hybridized carbons (Fsp3) is 0.400. The Kier molecular flexibility index (Phi) is 4.46. The van der Waals surface area contributed by atoms with Gasteiger partial charge in [0.2, 0.25) is 0 Å². The molecule has 0 aliphatic carbocycles. The highest BCUT2D eigenvalue weighted by Gasteiger charge is 2.52. The van der Waals surface area contributed by atoms with Crippen LogP contribution in [0.1, 0.15) is 36.5 Å². The minimum absolute atomic E-state index is 0.200. The third-order valence-corrected chi connectivity index (χ3v) is 4.63. The van der Waals surface area contributed by atoms with Crippen LogP contribution in [-0.2, 0) is 4.79 Å². The lowest BCUT2D eigenvalue weighted by Gasteiger charge is -2.42. The van der Waals surface area contributed by atoms with E-state index in [1.807, 2.05) is 0 Å². The topological polar surface area (TPSA) is 74.7 Å². The molecule has 1 atom stereocenters. The molecule has 1 saturated heterocycles. The Bertz CT molecular complexity index is 601. The standard InChI is InChI=1S/C15H16BrNO4/c1-10(18)15(8-4-5-9-17(15)14(20)21)13(19)11-6-2-3-7-12(11)16/h2-3,6-7H,4-5,8-9H2,1H3,(H,20,21). The summed E-state index contributed by atoms with van der Waals surface area (Å²) in [5.41, 5.74) is -1.27. The maximum atomic E-state index is 12.9. The highest BCUT2D eigenvalue weighted by Crippen LogP contribution is 2.34. The van der Waals surface area contributed by atoms with E-state index in [-0.39, 0.29) is 13.0 Å². The first-order valence-electron chi connectivity index (χ1n) is 6.72. The molecule has 1 fully saturated rings. The highest BCUT2D eigenvalue weighted by atomic mass is 79.9. The van der Waals surface area contributed by atoms with Crippen LogP contribution in [0.25, 0.3) is 0 Å². The molecule has 1 heterocycles. The Morgan fingerprint density at radius 2 is 1.90 bits per heavy atom. The minimum atomic E-state index is -1.60. The molecule has 1 amide bonds. The molecule has 1 unspecified atom stereocenters. The average Bonchev–Trinajstić information content (AvgIpc) is 2.46. The first-order valence-corrected chi connectivity index (χ1v) is 7.51. The van der Waals surface area contributed by atoms with Crippen LogP contribution in [0.4, 0.5) is 4.79 Å². The number of piperidine rings is 1. The van der Waals surface area contributed by atoms with Gasteiger partial charge in [-0.2, -0.15) is 0 Å². The molecule has 2 rings (SSSR count). The first-order chi connectivity index (χ1) is 9.91. The van der Waals surface area contributed by atoms with Crippen molar-refractivity contribution in [1.82, 2.24) is 4.90 Å². The van der Waals surface area contributed by atoms with Crippen molar-refractivity contribution in [1.29, 1.82) is 0 Å². The summed E-state index contributed by atoms with van der Waals surface area (Å²) in [5.74, 6) is -0.880. The number of hydrogen-bond acceptors (Lipinski definition) is 3. The summed E-state index contributed by atoms with van der Waals surface area (Å²) >= 11 is 3.30. The lowest BCUT2D eigenvalue weighted by molar-refractivity contribution is -0.126. The van der Waals surface area contributed by atoms with Crippen LogP contribution in [0.5, 0.6) is 0 Å². The number of benzene rings is 1. The number of likely N-dealkylation sites (tertiary alicyclic amines) is 1. The van der Waals surface area contributed by atoms with Gasteiger partial charge >= 0.3 is 6.09 Å². The van der Waals surface area contributed by atoms with Crippen molar-refractivity contribution in [2.45, 2.75) is 31.7 Å². The lowest BCUT2D eigenvalue weighted by Crippen LogP contribution is -2.63. The zero-order valence-corrected chi connectivity index (χ0v) is 13.2. The number of halogens is 1. The van der Waals surface area contributed by atoms with Crippen LogP contribution >= 0.6 is 15.9 Å². The molecular weight excluding hydrogens is 338 g/mol.